The van der Waals surface area contributed by atoms with Crippen LogP contribution in [0.2, 0.25) is 0 Å². The smallest absolute Gasteiger partial charge is 0.279 e. The third-order valence-electron chi connectivity index (χ3n) is 4.85. The van der Waals surface area contributed by atoms with E-state index in [4.69, 9.17) is 4.74 Å². The van der Waals surface area contributed by atoms with Gasteiger partial charge in [-0.1, -0.05) is 17.4 Å². The number of hydrogen-bond donors (Lipinski definition) is 1. The molecule has 3 aromatic carbocycles. The van der Waals surface area contributed by atoms with Crippen LogP contribution in [0.5, 0.6) is 0 Å². The van der Waals surface area contributed by atoms with Crippen molar-refractivity contribution in [3.05, 3.63) is 88.7 Å². The molecule has 1 aromatic heterocycles. The van der Waals surface area contributed by atoms with E-state index < -0.39 is 27.6 Å². The lowest BCUT2D eigenvalue weighted by atomic mass is 10.2. The van der Waals surface area contributed by atoms with Crippen molar-refractivity contribution in [1.82, 2.24) is 4.57 Å². The normalized spacial score (nSPS) is 12.3. The van der Waals surface area contributed by atoms with E-state index in [9.17, 15) is 22.0 Å². The lowest BCUT2D eigenvalue weighted by Gasteiger charge is -2.09. The zero-order valence-electron chi connectivity index (χ0n) is 17.9. The zero-order valence-corrected chi connectivity index (χ0v) is 19.5. The predicted molar refractivity (Wildman–Crippen MR) is 125 cm³/mol. The highest BCUT2D eigenvalue weighted by Gasteiger charge is 2.16. The minimum atomic E-state index is -3.98. The maximum atomic E-state index is 13.7. The second-order valence-corrected chi connectivity index (χ2v) is 9.89. The second kappa shape index (κ2) is 9.84. The van der Waals surface area contributed by atoms with E-state index in [0.717, 1.165) is 41.1 Å². The van der Waals surface area contributed by atoms with E-state index in [1.54, 1.807) is 17.7 Å². The van der Waals surface area contributed by atoms with Crippen LogP contribution in [0.4, 0.5) is 14.5 Å². The van der Waals surface area contributed by atoms with Gasteiger partial charge in [0.2, 0.25) is 0 Å². The predicted octanol–water partition coefficient (Wildman–Crippen LogP) is 4.17. The summed E-state index contributed by atoms with van der Waals surface area (Å²) >= 11 is 1.16. The molecule has 1 amide bonds. The summed E-state index contributed by atoms with van der Waals surface area (Å²) in [6, 6.07) is 14.6. The number of amides is 1. The van der Waals surface area contributed by atoms with Gasteiger partial charge in [-0.05, 0) is 60.7 Å². The Balaban J connectivity index is 1.66. The van der Waals surface area contributed by atoms with Gasteiger partial charge in [-0.25, -0.2) is 17.2 Å². The molecular formula is C23H19F2N3O4S2. The lowest BCUT2D eigenvalue weighted by molar-refractivity contribution is 0.0997. The van der Waals surface area contributed by atoms with Crippen LogP contribution < -0.4 is 9.52 Å². The van der Waals surface area contributed by atoms with Gasteiger partial charge in [-0.2, -0.15) is 4.99 Å². The minimum absolute atomic E-state index is 0.119. The summed E-state index contributed by atoms with van der Waals surface area (Å²) in [5, 5.41) is 0. The van der Waals surface area contributed by atoms with Crippen molar-refractivity contribution in [2.24, 2.45) is 4.99 Å². The number of ether oxygens (including phenoxy) is 1. The third kappa shape index (κ3) is 5.22. The molecule has 176 valence electrons. The molecule has 0 aliphatic rings. The molecule has 0 fully saturated rings. The Hall–Kier alpha value is -3.41. The molecule has 0 spiro atoms. The number of fused-ring (bicyclic) bond motifs is 1. The number of hydrogen-bond acceptors (Lipinski definition) is 5. The Morgan fingerprint density at radius 2 is 1.79 bits per heavy atom. The fourth-order valence-corrected chi connectivity index (χ4v) is 5.35. The van der Waals surface area contributed by atoms with Crippen LogP contribution in [-0.4, -0.2) is 32.6 Å². The Labute approximate surface area is 198 Å². The van der Waals surface area contributed by atoms with Crippen molar-refractivity contribution in [3.8, 4) is 0 Å². The van der Waals surface area contributed by atoms with Crippen LogP contribution in [0.15, 0.2) is 76.6 Å². The summed E-state index contributed by atoms with van der Waals surface area (Å²) in [6.07, 6.45) is 0. The van der Waals surface area contributed by atoms with Crippen LogP contribution in [0.1, 0.15) is 10.4 Å². The van der Waals surface area contributed by atoms with Gasteiger partial charge < -0.3 is 9.30 Å². The Morgan fingerprint density at radius 3 is 2.53 bits per heavy atom. The molecule has 4 aromatic rings. The molecule has 0 saturated carbocycles. The first-order valence-corrected chi connectivity index (χ1v) is 12.3. The van der Waals surface area contributed by atoms with E-state index >= 15 is 0 Å². The summed E-state index contributed by atoms with van der Waals surface area (Å²) < 4.78 is 61.8. The number of thiazole rings is 1. The van der Waals surface area contributed by atoms with Gasteiger partial charge in [-0.15, -0.1) is 0 Å². The highest BCUT2D eigenvalue weighted by molar-refractivity contribution is 7.92. The summed E-state index contributed by atoms with van der Waals surface area (Å²) in [6.45, 7) is 0.775. The van der Waals surface area contributed by atoms with E-state index in [1.165, 1.54) is 36.4 Å². The number of nitrogens with one attached hydrogen (secondary N) is 1. The Kier molecular flexibility index (Phi) is 6.87. The lowest BCUT2D eigenvalue weighted by Crippen LogP contribution is -2.19. The van der Waals surface area contributed by atoms with Crippen molar-refractivity contribution < 1.29 is 26.7 Å². The standard InChI is InChI=1S/C23H19F2N3O4S2/c1-32-12-11-28-20-10-7-17(25)14-21(20)33-23(28)26-22(29)15-3-2-4-18(13-15)27-34(30,31)19-8-5-16(24)6-9-19/h2-10,13-14,27H,11-12H2,1H3. The van der Waals surface area contributed by atoms with Crippen molar-refractivity contribution >= 4 is 43.2 Å². The Bertz CT molecular complexity index is 1530. The molecule has 4 rings (SSSR count). The molecule has 0 saturated heterocycles. The van der Waals surface area contributed by atoms with Crippen LogP contribution >= 0.6 is 11.3 Å². The average Bonchev–Trinajstić information content (AvgIpc) is 3.13. The first-order chi connectivity index (χ1) is 16.3. The number of aromatic nitrogens is 1. The van der Waals surface area contributed by atoms with Gasteiger partial charge in [0, 0.05) is 24.9 Å². The number of halogens is 2. The SMILES string of the molecule is COCCn1c(=NC(=O)c2cccc(NS(=O)(=O)c3ccc(F)cc3)c2)sc2cc(F)ccc21. The van der Waals surface area contributed by atoms with Crippen LogP contribution in [0, 0.1) is 11.6 Å². The fourth-order valence-electron chi connectivity index (χ4n) is 3.23. The summed E-state index contributed by atoms with van der Waals surface area (Å²) in [5.74, 6) is -1.55. The molecule has 0 aliphatic carbocycles. The van der Waals surface area contributed by atoms with E-state index in [1.807, 2.05) is 0 Å². The number of methoxy groups -OCH3 is 1. The summed E-state index contributed by atoms with van der Waals surface area (Å²) in [4.78, 5) is 17.4. The first-order valence-electron chi connectivity index (χ1n) is 10.0. The minimum Gasteiger partial charge on any atom is -0.383 e. The van der Waals surface area contributed by atoms with Crippen molar-refractivity contribution in [2.75, 3.05) is 18.4 Å². The Morgan fingerprint density at radius 1 is 1.06 bits per heavy atom. The third-order valence-corrected chi connectivity index (χ3v) is 7.29. The molecule has 7 nitrogen and oxygen atoms in total. The monoisotopic (exact) mass is 503 g/mol. The highest BCUT2D eigenvalue weighted by atomic mass is 32.2. The van der Waals surface area contributed by atoms with E-state index in [0.29, 0.717) is 22.7 Å². The van der Waals surface area contributed by atoms with Crippen LogP contribution in [0.25, 0.3) is 10.2 Å². The van der Waals surface area contributed by atoms with Gasteiger partial charge >= 0.3 is 0 Å². The molecule has 0 atom stereocenters. The molecule has 1 heterocycles. The number of benzene rings is 3. The summed E-state index contributed by atoms with van der Waals surface area (Å²) in [5.41, 5.74) is 1.02. The quantitative estimate of drug-likeness (QED) is 0.410. The largest absolute Gasteiger partial charge is 0.383 e. The molecule has 34 heavy (non-hydrogen) atoms. The van der Waals surface area contributed by atoms with Crippen LogP contribution in [0.3, 0.4) is 0 Å². The molecule has 1 N–H and O–H groups in total. The van der Waals surface area contributed by atoms with Gasteiger partial charge in [0.15, 0.2) is 4.80 Å². The topological polar surface area (TPSA) is 89.8 Å². The number of carbonyl (C=O) groups is 1. The molecule has 0 radical (unpaired) electrons. The van der Waals surface area contributed by atoms with Gasteiger partial charge in [0.1, 0.15) is 11.6 Å². The van der Waals surface area contributed by atoms with Gasteiger partial charge in [0.25, 0.3) is 15.9 Å². The van der Waals surface area contributed by atoms with E-state index in [-0.39, 0.29) is 16.1 Å². The van der Waals surface area contributed by atoms with Gasteiger partial charge in [-0.3, -0.25) is 9.52 Å². The zero-order chi connectivity index (χ0) is 24.3. The molecule has 0 bridgehead atoms. The molecular weight excluding hydrogens is 484 g/mol. The second-order valence-electron chi connectivity index (χ2n) is 7.20. The van der Waals surface area contributed by atoms with Crippen LogP contribution in [-0.2, 0) is 21.3 Å². The van der Waals surface area contributed by atoms with Crippen molar-refractivity contribution in [1.29, 1.82) is 0 Å². The molecule has 0 unspecified atom stereocenters. The first kappa shape index (κ1) is 23.7. The highest BCUT2D eigenvalue weighted by Crippen LogP contribution is 2.20. The number of rotatable bonds is 7. The van der Waals surface area contributed by atoms with Crippen molar-refractivity contribution in [3.63, 3.8) is 0 Å². The van der Waals surface area contributed by atoms with Gasteiger partial charge in [0.05, 0.1) is 21.7 Å². The molecule has 11 heteroatoms. The number of anilines is 1. The average molecular weight is 504 g/mol. The number of carbonyl (C=O) groups excluding carboxylic acids is 1. The summed E-state index contributed by atoms with van der Waals surface area (Å²) in [7, 11) is -2.43. The van der Waals surface area contributed by atoms with Crippen molar-refractivity contribution in [2.45, 2.75) is 11.4 Å². The number of nitrogens with zero attached hydrogens (tertiary/aromatic N) is 2. The van der Waals surface area contributed by atoms with E-state index in [2.05, 4.69) is 9.71 Å². The maximum Gasteiger partial charge on any atom is 0.279 e. The number of sulfonamides is 1. The molecule has 0 aliphatic heterocycles. The fraction of sp³-hybridized carbons (Fsp3) is 0.130. The maximum absolute atomic E-state index is 13.7.